The predicted octanol–water partition coefficient (Wildman–Crippen LogP) is 4.93. The minimum Gasteiger partial charge on any atom is -0.492 e. The van der Waals surface area contributed by atoms with Crippen LogP contribution in [0.1, 0.15) is 46.7 Å². The number of aryl methyl sites for hydroxylation is 1. The highest BCUT2D eigenvalue weighted by Crippen LogP contribution is 2.42. The van der Waals surface area contributed by atoms with Gasteiger partial charge in [0, 0.05) is 82.1 Å². The lowest BCUT2D eigenvalue weighted by atomic mass is 10.1. The molecule has 12 nitrogen and oxygen atoms in total. The van der Waals surface area contributed by atoms with E-state index in [0.717, 1.165) is 131 Å². The Bertz CT molecular complexity index is 2470. The summed E-state index contributed by atoms with van der Waals surface area (Å²) in [6, 6.07) is 23.1. The third-order valence-corrected chi connectivity index (χ3v) is 11.5. The Labute approximate surface area is 325 Å². The van der Waals surface area contributed by atoms with Crippen molar-refractivity contribution >= 4 is 33.6 Å². The molecule has 2 aromatic carbocycles. The summed E-state index contributed by atoms with van der Waals surface area (Å²) in [5.74, 6) is 0.609. The third-order valence-electron chi connectivity index (χ3n) is 11.5. The van der Waals surface area contributed by atoms with Gasteiger partial charge in [-0.2, -0.15) is 0 Å². The minimum atomic E-state index is -0.0973. The summed E-state index contributed by atoms with van der Waals surface area (Å²) in [4.78, 5) is 48.5. The highest BCUT2D eigenvalue weighted by Gasteiger charge is 2.34. The molecule has 4 aliphatic rings. The van der Waals surface area contributed by atoms with Gasteiger partial charge in [-0.25, -0.2) is 4.98 Å². The van der Waals surface area contributed by atoms with E-state index in [9.17, 15) is 14.4 Å². The van der Waals surface area contributed by atoms with Gasteiger partial charge in [-0.1, -0.05) is 24.3 Å². The Morgan fingerprint density at radius 2 is 1.20 bits per heavy atom. The van der Waals surface area contributed by atoms with Crippen LogP contribution in [0.5, 0.6) is 5.75 Å². The van der Waals surface area contributed by atoms with Crippen molar-refractivity contribution < 1.29 is 14.3 Å². The molecule has 2 saturated heterocycles. The number of carbonyl (C=O) groups excluding carboxylic acids is 2. The summed E-state index contributed by atoms with van der Waals surface area (Å²) in [7, 11) is 0. The molecule has 0 spiro atoms. The van der Waals surface area contributed by atoms with Gasteiger partial charge in [0.15, 0.2) is 5.43 Å². The van der Waals surface area contributed by atoms with E-state index in [-0.39, 0.29) is 17.2 Å². The quantitative estimate of drug-likeness (QED) is 0.178. The SMILES string of the molecule is O=C1c2c(c(=O)c3ccccc3n2CCCCN2CCNCC2)-c2cccn21.O=C1c2nc3ccccc3c(OCCCCN3CCNCC3)c2-c2cccn21. The Kier molecular flexibility index (Phi) is 10.3. The first kappa shape index (κ1) is 36.3. The molecule has 0 aliphatic carbocycles. The Morgan fingerprint density at radius 1 is 0.607 bits per heavy atom. The number of carbonyl (C=O) groups is 2. The Balaban J connectivity index is 0.000000146. The molecular weight excluding hydrogens is 705 g/mol. The van der Waals surface area contributed by atoms with E-state index in [0.29, 0.717) is 34.6 Å². The van der Waals surface area contributed by atoms with Crippen LogP contribution in [0, 0.1) is 0 Å². The maximum atomic E-state index is 13.1. The van der Waals surface area contributed by atoms with E-state index in [2.05, 4.69) is 30.0 Å². The van der Waals surface area contributed by atoms with Gasteiger partial charge in [-0.3, -0.25) is 23.5 Å². The van der Waals surface area contributed by atoms with Crippen molar-refractivity contribution in [2.24, 2.45) is 0 Å². The van der Waals surface area contributed by atoms with Crippen LogP contribution < -0.4 is 20.8 Å². The molecular formula is C44H48N8O4. The number of unbranched alkanes of at least 4 members (excludes halogenated alkanes) is 2. The van der Waals surface area contributed by atoms with Gasteiger partial charge in [-0.15, -0.1) is 0 Å². The maximum Gasteiger partial charge on any atom is 0.281 e. The van der Waals surface area contributed by atoms with Crippen LogP contribution in [0.15, 0.2) is 90.0 Å². The molecule has 0 atom stereocenters. The molecule has 2 N–H and O–H groups in total. The molecule has 0 unspecified atom stereocenters. The summed E-state index contributed by atoms with van der Waals surface area (Å²) in [5.41, 5.74) is 5.61. The molecule has 8 heterocycles. The number of pyridine rings is 2. The molecule has 0 bridgehead atoms. The van der Waals surface area contributed by atoms with E-state index in [1.807, 2.05) is 72.8 Å². The number of fused-ring (bicyclic) bond motifs is 8. The second kappa shape index (κ2) is 16.0. The molecule has 288 valence electrons. The van der Waals surface area contributed by atoms with Crippen LogP contribution in [-0.4, -0.2) is 112 Å². The number of hydrogen-bond donors (Lipinski definition) is 2. The normalized spacial score (nSPS) is 16.4. The van der Waals surface area contributed by atoms with Gasteiger partial charge in [-0.05, 0) is 87.3 Å². The zero-order valence-electron chi connectivity index (χ0n) is 31.7. The number of benzene rings is 2. The van der Waals surface area contributed by atoms with Gasteiger partial charge in [0.1, 0.15) is 17.1 Å². The molecule has 2 fully saturated rings. The van der Waals surface area contributed by atoms with Crippen molar-refractivity contribution in [3.63, 3.8) is 0 Å². The smallest absolute Gasteiger partial charge is 0.281 e. The van der Waals surface area contributed by atoms with Crippen molar-refractivity contribution in [1.29, 1.82) is 0 Å². The molecule has 0 saturated carbocycles. The molecule has 4 aliphatic heterocycles. The fourth-order valence-corrected chi connectivity index (χ4v) is 8.65. The number of nitrogens with zero attached hydrogens (tertiary/aromatic N) is 6. The van der Waals surface area contributed by atoms with E-state index < -0.39 is 0 Å². The number of hydrogen-bond acceptors (Lipinski definition) is 9. The topological polar surface area (TPSA) is 119 Å². The van der Waals surface area contributed by atoms with Crippen LogP contribution in [-0.2, 0) is 6.54 Å². The average Bonchev–Trinajstić information content (AvgIpc) is 4.03. The third kappa shape index (κ3) is 6.76. The summed E-state index contributed by atoms with van der Waals surface area (Å²) in [5, 5.41) is 8.42. The number of ether oxygens (including phenoxy) is 1. The minimum absolute atomic E-state index is 0.0477. The number of rotatable bonds is 11. The fourth-order valence-electron chi connectivity index (χ4n) is 8.65. The van der Waals surface area contributed by atoms with Gasteiger partial charge >= 0.3 is 0 Å². The first-order chi connectivity index (χ1) is 27.6. The molecule has 4 aromatic heterocycles. The average molecular weight is 753 g/mol. The Hall–Kier alpha value is -5.40. The predicted molar refractivity (Wildman–Crippen MR) is 219 cm³/mol. The van der Waals surface area contributed by atoms with E-state index in [1.165, 1.54) is 0 Å². The molecule has 0 radical (unpaired) electrons. The molecule has 10 rings (SSSR count). The lowest BCUT2D eigenvalue weighted by molar-refractivity contribution is 0.0954. The molecule has 12 heteroatoms. The maximum absolute atomic E-state index is 13.1. The van der Waals surface area contributed by atoms with Crippen molar-refractivity contribution in [1.82, 2.24) is 39.1 Å². The van der Waals surface area contributed by atoms with Gasteiger partial charge < -0.3 is 29.7 Å². The van der Waals surface area contributed by atoms with E-state index in [1.54, 1.807) is 21.5 Å². The van der Waals surface area contributed by atoms with Crippen LogP contribution in [0.3, 0.4) is 0 Å². The summed E-state index contributed by atoms with van der Waals surface area (Å²) in [6.45, 7) is 12.3. The van der Waals surface area contributed by atoms with Crippen LogP contribution in [0.25, 0.3) is 44.3 Å². The zero-order chi connectivity index (χ0) is 38.0. The van der Waals surface area contributed by atoms with Crippen LogP contribution in [0.4, 0.5) is 0 Å². The first-order valence-corrected chi connectivity index (χ1v) is 20.1. The molecule has 0 amide bonds. The first-order valence-electron chi connectivity index (χ1n) is 20.1. The number of aromatic nitrogens is 4. The van der Waals surface area contributed by atoms with E-state index >= 15 is 0 Å². The van der Waals surface area contributed by atoms with Crippen LogP contribution >= 0.6 is 0 Å². The number of piperazine rings is 2. The fraction of sp³-hybridized carbons (Fsp3) is 0.364. The summed E-state index contributed by atoms with van der Waals surface area (Å²) in [6.07, 6.45) is 7.70. The molecule has 6 aromatic rings. The lowest BCUT2D eigenvalue weighted by Gasteiger charge is -2.27. The monoisotopic (exact) mass is 752 g/mol. The highest BCUT2D eigenvalue weighted by atomic mass is 16.5. The van der Waals surface area contributed by atoms with Crippen molar-refractivity contribution in [3.05, 3.63) is 107 Å². The summed E-state index contributed by atoms with van der Waals surface area (Å²) >= 11 is 0. The molecule has 56 heavy (non-hydrogen) atoms. The van der Waals surface area contributed by atoms with Crippen molar-refractivity contribution in [2.45, 2.75) is 32.2 Å². The second-order valence-corrected chi connectivity index (χ2v) is 15.0. The Morgan fingerprint density at radius 3 is 1.91 bits per heavy atom. The zero-order valence-corrected chi connectivity index (χ0v) is 31.7. The van der Waals surface area contributed by atoms with Crippen molar-refractivity contribution in [2.75, 3.05) is 72.1 Å². The largest absolute Gasteiger partial charge is 0.492 e. The van der Waals surface area contributed by atoms with Gasteiger partial charge in [0.2, 0.25) is 0 Å². The van der Waals surface area contributed by atoms with Gasteiger partial charge in [0.25, 0.3) is 11.8 Å². The standard InChI is InChI=1S/2C22H24N4O2/c27-22-20-19(18-8-5-12-26(18)22)21(16-6-1-2-7-17(16)24-20)28-15-4-3-11-25-13-9-23-10-14-25;27-21-16-6-1-2-7-17(16)25(12-4-3-11-24-14-9-23-10-15-24)20-19(21)18-8-5-13-26(18)22(20)28/h1-2,5-8,12,23H,3-4,9-11,13-15H2;1-2,5-8,13,23H,3-4,9-12,14-15H2. The van der Waals surface area contributed by atoms with Gasteiger partial charge in [0.05, 0.1) is 40.2 Å². The summed E-state index contributed by atoms with van der Waals surface area (Å²) < 4.78 is 11.6. The number of nitrogens with one attached hydrogen (secondary N) is 2. The second-order valence-electron chi connectivity index (χ2n) is 15.0. The van der Waals surface area contributed by atoms with Crippen molar-refractivity contribution in [3.8, 4) is 28.3 Å². The van der Waals surface area contributed by atoms with Crippen LogP contribution in [0.2, 0.25) is 0 Å². The highest BCUT2D eigenvalue weighted by molar-refractivity contribution is 6.12. The van der Waals surface area contributed by atoms with E-state index in [4.69, 9.17) is 4.74 Å². The number of para-hydroxylation sites is 2. The lowest BCUT2D eigenvalue weighted by Crippen LogP contribution is -2.43.